The monoisotopic (exact) mass is 574 g/mol. The lowest BCUT2D eigenvalue weighted by atomic mass is 9.98. The molecule has 1 aliphatic rings. The summed E-state index contributed by atoms with van der Waals surface area (Å²) < 4.78 is 28.7. The molecule has 2 amide bonds. The van der Waals surface area contributed by atoms with Gasteiger partial charge in [0, 0.05) is 21.9 Å². The highest BCUT2D eigenvalue weighted by molar-refractivity contribution is 7.99. The second kappa shape index (κ2) is 14.2. The Bertz CT molecular complexity index is 1320. The quantitative estimate of drug-likeness (QED) is 0.292. The van der Waals surface area contributed by atoms with Gasteiger partial charge in [0.15, 0.2) is 0 Å². The van der Waals surface area contributed by atoms with Crippen LogP contribution in [-0.4, -0.2) is 46.4 Å². The highest BCUT2D eigenvalue weighted by Crippen LogP contribution is 2.34. The maximum atomic E-state index is 13.0. The van der Waals surface area contributed by atoms with Crippen molar-refractivity contribution in [3.63, 3.8) is 0 Å². The zero-order valence-corrected chi connectivity index (χ0v) is 23.1. The van der Waals surface area contributed by atoms with Gasteiger partial charge in [0.2, 0.25) is 5.91 Å². The molecule has 0 radical (unpaired) electrons. The summed E-state index contributed by atoms with van der Waals surface area (Å²) >= 11 is 1.46. The topological polar surface area (TPSA) is 116 Å². The number of hydrogen-bond acceptors (Lipinski definition) is 6. The summed E-state index contributed by atoms with van der Waals surface area (Å²) in [5.74, 6) is -0.242. The van der Waals surface area contributed by atoms with Crippen molar-refractivity contribution in [3.8, 4) is 0 Å². The number of amides is 2. The summed E-state index contributed by atoms with van der Waals surface area (Å²) in [6.45, 7) is 2.37. The SMILES string of the molecule is Cl.O=C(CNC(=O)c1ccc(S(=O)(=O)Nc2ccccc2Sc2ccccc2)cc1)NCC1CCNCC1. The third kappa shape index (κ3) is 8.49. The second-order valence-corrected chi connectivity index (χ2v) is 11.5. The second-order valence-electron chi connectivity index (χ2n) is 8.72. The molecule has 3 aromatic carbocycles. The largest absolute Gasteiger partial charge is 0.354 e. The lowest BCUT2D eigenvalue weighted by Gasteiger charge is -2.22. The van der Waals surface area contributed by atoms with Crippen molar-refractivity contribution in [2.24, 2.45) is 5.92 Å². The van der Waals surface area contributed by atoms with Gasteiger partial charge in [0.05, 0.1) is 17.1 Å². The molecule has 3 aromatic rings. The highest BCUT2D eigenvalue weighted by atomic mass is 35.5. The molecule has 1 fully saturated rings. The Labute approximate surface area is 233 Å². The van der Waals surface area contributed by atoms with Gasteiger partial charge in [-0.15, -0.1) is 12.4 Å². The fourth-order valence-electron chi connectivity index (χ4n) is 3.91. The van der Waals surface area contributed by atoms with Gasteiger partial charge in [0.25, 0.3) is 15.9 Å². The van der Waals surface area contributed by atoms with Crippen LogP contribution in [0.4, 0.5) is 5.69 Å². The van der Waals surface area contributed by atoms with Crippen molar-refractivity contribution in [2.45, 2.75) is 27.5 Å². The fraction of sp³-hybridized carbons (Fsp3) is 0.259. The van der Waals surface area contributed by atoms with E-state index in [1.807, 2.05) is 42.5 Å². The molecule has 0 unspecified atom stereocenters. The molecule has 38 heavy (non-hydrogen) atoms. The van der Waals surface area contributed by atoms with Crippen LogP contribution in [-0.2, 0) is 14.8 Å². The van der Waals surface area contributed by atoms with Gasteiger partial charge in [-0.25, -0.2) is 8.42 Å². The van der Waals surface area contributed by atoms with Crippen LogP contribution in [0, 0.1) is 5.92 Å². The molecule has 4 N–H and O–H groups in total. The number of nitrogens with one attached hydrogen (secondary N) is 4. The fourth-order valence-corrected chi connectivity index (χ4v) is 5.98. The van der Waals surface area contributed by atoms with Crippen LogP contribution in [0.2, 0.25) is 0 Å². The average molecular weight is 575 g/mol. The number of hydrogen-bond donors (Lipinski definition) is 4. The van der Waals surface area contributed by atoms with Gasteiger partial charge in [-0.2, -0.15) is 0 Å². The van der Waals surface area contributed by atoms with Gasteiger partial charge in [0.1, 0.15) is 0 Å². The predicted octanol–water partition coefficient (Wildman–Crippen LogP) is 3.91. The first-order chi connectivity index (χ1) is 17.9. The number of rotatable bonds is 10. The standard InChI is InChI=1S/C27H30N4O4S2.ClH/c32-26(29-18-20-14-16-28-17-15-20)19-30-27(33)21-10-12-23(13-11-21)37(34,35)31-24-8-4-5-9-25(24)36-22-6-2-1-3-7-22;/h1-13,20,28,31H,14-19H2,(H,29,32)(H,30,33);1H. The van der Waals surface area contributed by atoms with Crippen molar-refractivity contribution < 1.29 is 18.0 Å². The first-order valence-electron chi connectivity index (χ1n) is 12.1. The lowest BCUT2D eigenvalue weighted by molar-refractivity contribution is -0.120. The molecule has 1 aliphatic heterocycles. The molecule has 0 aliphatic carbocycles. The Morgan fingerprint density at radius 3 is 2.24 bits per heavy atom. The van der Waals surface area contributed by atoms with E-state index >= 15 is 0 Å². The van der Waals surface area contributed by atoms with Crippen molar-refractivity contribution in [1.29, 1.82) is 0 Å². The first kappa shape index (κ1) is 29.5. The predicted molar refractivity (Wildman–Crippen MR) is 152 cm³/mol. The third-order valence-electron chi connectivity index (χ3n) is 5.99. The summed E-state index contributed by atoms with van der Waals surface area (Å²) in [5.41, 5.74) is 0.735. The normalized spacial score (nSPS) is 13.7. The van der Waals surface area contributed by atoms with E-state index in [4.69, 9.17) is 0 Å². The maximum absolute atomic E-state index is 13.0. The van der Waals surface area contributed by atoms with E-state index in [-0.39, 0.29) is 35.3 Å². The summed E-state index contributed by atoms with van der Waals surface area (Å²) in [6, 6.07) is 22.5. The Hall–Kier alpha value is -3.05. The van der Waals surface area contributed by atoms with E-state index in [9.17, 15) is 18.0 Å². The first-order valence-corrected chi connectivity index (χ1v) is 14.4. The van der Waals surface area contributed by atoms with Crippen LogP contribution in [0.3, 0.4) is 0 Å². The number of halogens is 1. The summed E-state index contributed by atoms with van der Waals surface area (Å²) in [6.07, 6.45) is 2.04. The van der Waals surface area contributed by atoms with Crippen molar-refractivity contribution in [2.75, 3.05) is 30.9 Å². The molecule has 0 aromatic heterocycles. The van der Waals surface area contributed by atoms with Crippen LogP contribution in [0.5, 0.6) is 0 Å². The number of piperidine rings is 1. The molecule has 0 saturated carbocycles. The zero-order chi connectivity index (χ0) is 26.1. The van der Waals surface area contributed by atoms with E-state index in [0.717, 1.165) is 35.7 Å². The Kier molecular flexibility index (Phi) is 11.0. The molecule has 8 nitrogen and oxygen atoms in total. The van der Waals surface area contributed by atoms with E-state index < -0.39 is 15.9 Å². The number of carbonyl (C=O) groups excluding carboxylic acids is 2. The number of sulfonamides is 1. The van der Waals surface area contributed by atoms with Gasteiger partial charge in [-0.3, -0.25) is 14.3 Å². The number of anilines is 1. The van der Waals surface area contributed by atoms with Gasteiger partial charge >= 0.3 is 0 Å². The molecule has 0 spiro atoms. The Morgan fingerprint density at radius 1 is 0.868 bits per heavy atom. The van der Waals surface area contributed by atoms with Crippen LogP contribution < -0.4 is 20.7 Å². The smallest absolute Gasteiger partial charge is 0.261 e. The van der Waals surface area contributed by atoms with E-state index in [2.05, 4.69) is 20.7 Å². The average Bonchev–Trinajstić information content (AvgIpc) is 2.93. The molecular formula is C27H31ClN4O4S2. The number of para-hydroxylation sites is 1. The van der Waals surface area contributed by atoms with Crippen LogP contribution in [0.25, 0.3) is 0 Å². The third-order valence-corrected chi connectivity index (χ3v) is 8.45. The molecule has 11 heteroatoms. The minimum atomic E-state index is -3.88. The summed E-state index contributed by atoms with van der Waals surface area (Å²) in [7, 11) is -3.88. The van der Waals surface area contributed by atoms with Crippen molar-refractivity contribution in [3.05, 3.63) is 84.4 Å². The summed E-state index contributed by atoms with van der Waals surface area (Å²) in [4.78, 5) is 26.3. The molecule has 4 rings (SSSR count). The van der Waals surface area contributed by atoms with Gasteiger partial charge in [-0.05, 0) is 80.4 Å². The van der Waals surface area contributed by atoms with Gasteiger partial charge < -0.3 is 16.0 Å². The van der Waals surface area contributed by atoms with Crippen LogP contribution >= 0.6 is 24.2 Å². The molecule has 0 atom stereocenters. The van der Waals surface area contributed by atoms with E-state index in [1.54, 1.807) is 12.1 Å². The lowest BCUT2D eigenvalue weighted by Crippen LogP contribution is -2.40. The number of carbonyl (C=O) groups is 2. The van der Waals surface area contributed by atoms with Gasteiger partial charge in [-0.1, -0.05) is 42.1 Å². The zero-order valence-electron chi connectivity index (χ0n) is 20.7. The molecule has 1 saturated heterocycles. The minimum Gasteiger partial charge on any atom is -0.354 e. The molecule has 0 bridgehead atoms. The molecular weight excluding hydrogens is 544 g/mol. The minimum absolute atomic E-state index is 0. The summed E-state index contributed by atoms with van der Waals surface area (Å²) in [5, 5.41) is 8.73. The van der Waals surface area contributed by atoms with Crippen molar-refractivity contribution in [1.82, 2.24) is 16.0 Å². The van der Waals surface area contributed by atoms with Crippen LogP contribution in [0.1, 0.15) is 23.2 Å². The Balaban J connectivity index is 0.00000400. The maximum Gasteiger partial charge on any atom is 0.261 e. The number of benzene rings is 3. The highest BCUT2D eigenvalue weighted by Gasteiger charge is 2.18. The van der Waals surface area contributed by atoms with Crippen molar-refractivity contribution >= 4 is 51.7 Å². The Morgan fingerprint density at radius 2 is 1.53 bits per heavy atom. The molecule has 1 heterocycles. The van der Waals surface area contributed by atoms with E-state index in [1.165, 1.54) is 36.0 Å². The van der Waals surface area contributed by atoms with Crippen LogP contribution in [0.15, 0.2) is 93.5 Å². The van der Waals surface area contributed by atoms with E-state index in [0.29, 0.717) is 18.2 Å². The molecule has 202 valence electrons.